The van der Waals surface area contributed by atoms with Crippen LogP contribution in [0.25, 0.3) is 0 Å². The van der Waals surface area contributed by atoms with Gasteiger partial charge in [0.1, 0.15) is 12.7 Å². The minimum Gasteiger partial charge on any atom is -0.478 e. The zero-order valence-electron chi connectivity index (χ0n) is 14.8. The number of carboxylic acids is 1. The van der Waals surface area contributed by atoms with Gasteiger partial charge in [0.25, 0.3) is 0 Å². The van der Waals surface area contributed by atoms with E-state index in [0.717, 1.165) is 11.6 Å². The molecule has 150 valence electrons. The average Bonchev–Trinajstić information content (AvgIpc) is 2.67. The molecule has 0 spiro atoms. The molecule has 0 radical (unpaired) electrons. The van der Waals surface area contributed by atoms with Gasteiger partial charge in [0.2, 0.25) is 0 Å². The number of anilines is 1. The van der Waals surface area contributed by atoms with Crippen LogP contribution in [0.2, 0.25) is 5.02 Å². The molecule has 0 aliphatic rings. The molecule has 8 nitrogen and oxygen atoms in total. The van der Waals surface area contributed by atoms with Crippen LogP contribution in [0.15, 0.2) is 42.5 Å². The Balaban J connectivity index is 1.86. The van der Waals surface area contributed by atoms with E-state index < -0.39 is 24.3 Å². The van der Waals surface area contributed by atoms with Gasteiger partial charge in [0.05, 0.1) is 17.4 Å². The lowest BCUT2D eigenvalue weighted by Crippen LogP contribution is -2.30. The molecular formula is C19H21ClN2O6. The fraction of sp³-hybridized carbons (Fsp3) is 0.263. The summed E-state index contributed by atoms with van der Waals surface area (Å²) in [4.78, 5) is 22.9. The SMILES string of the molecule is Nc1c(C(=O)O)cc(Cl)cc1C(O)C(O)CCNC(=O)OCc1ccccc1. The Hall–Kier alpha value is -2.81. The highest BCUT2D eigenvalue weighted by Gasteiger charge is 2.24. The van der Waals surface area contributed by atoms with Crippen LogP contribution in [0.1, 0.15) is 34.0 Å². The second-order valence-electron chi connectivity index (χ2n) is 6.05. The van der Waals surface area contributed by atoms with Crippen LogP contribution in [0.3, 0.4) is 0 Å². The van der Waals surface area contributed by atoms with E-state index in [0.29, 0.717) is 0 Å². The van der Waals surface area contributed by atoms with Crippen LogP contribution in [0.5, 0.6) is 0 Å². The lowest BCUT2D eigenvalue weighted by Gasteiger charge is -2.21. The van der Waals surface area contributed by atoms with Crippen LogP contribution in [-0.4, -0.2) is 40.0 Å². The summed E-state index contributed by atoms with van der Waals surface area (Å²) in [6, 6.07) is 11.6. The number of ether oxygens (including phenoxy) is 1. The quantitative estimate of drug-likeness (QED) is 0.422. The summed E-state index contributed by atoms with van der Waals surface area (Å²) in [7, 11) is 0. The maximum Gasteiger partial charge on any atom is 0.407 e. The lowest BCUT2D eigenvalue weighted by atomic mass is 9.97. The molecule has 0 aliphatic carbocycles. The molecule has 9 heteroatoms. The summed E-state index contributed by atoms with van der Waals surface area (Å²) in [6.45, 7) is 0.132. The van der Waals surface area contributed by atoms with E-state index in [2.05, 4.69) is 5.32 Å². The fourth-order valence-corrected chi connectivity index (χ4v) is 2.75. The summed E-state index contributed by atoms with van der Waals surface area (Å²) in [5, 5.41) is 32.1. The van der Waals surface area contributed by atoms with Crippen LogP contribution in [0.4, 0.5) is 10.5 Å². The minimum atomic E-state index is -1.47. The number of aromatic carboxylic acids is 1. The zero-order chi connectivity index (χ0) is 20.7. The summed E-state index contributed by atoms with van der Waals surface area (Å²) >= 11 is 5.86. The largest absolute Gasteiger partial charge is 0.478 e. The second kappa shape index (κ2) is 9.93. The molecule has 2 rings (SSSR count). The van der Waals surface area contributed by atoms with Gasteiger partial charge in [-0.2, -0.15) is 0 Å². The number of carbonyl (C=O) groups excluding carboxylic acids is 1. The highest BCUT2D eigenvalue weighted by atomic mass is 35.5. The standard InChI is InChI=1S/C19H21ClN2O6/c20-12-8-13(16(21)14(9-12)18(25)26)17(24)15(23)6-7-22-19(27)28-10-11-4-2-1-3-5-11/h1-5,8-9,15,17,23-24H,6-7,10,21H2,(H,22,27)(H,25,26). The number of rotatable bonds is 8. The van der Waals surface area contributed by atoms with E-state index in [1.54, 1.807) is 0 Å². The van der Waals surface area contributed by atoms with E-state index >= 15 is 0 Å². The number of nitrogens with two attached hydrogens (primary N) is 1. The first-order valence-corrected chi connectivity index (χ1v) is 8.80. The number of carbonyl (C=O) groups is 2. The van der Waals surface area contributed by atoms with Crippen molar-refractivity contribution in [1.29, 1.82) is 0 Å². The number of hydrogen-bond acceptors (Lipinski definition) is 6. The van der Waals surface area contributed by atoms with Crippen molar-refractivity contribution in [3.63, 3.8) is 0 Å². The molecule has 0 bridgehead atoms. The first-order valence-electron chi connectivity index (χ1n) is 8.42. The predicted octanol–water partition coefficient (Wildman–Crippen LogP) is 2.33. The Morgan fingerprint density at radius 2 is 1.86 bits per heavy atom. The predicted molar refractivity (Wildman–Crippen MR) is 103 cm³/mol. The number of amides is 1. The smallest absolute Gasteiger partial charge is 0.407 e. The van der Waals surface area contributed by atoms with Crippen molar-refractivity contribution < 1.29 is 29.6 Å². The Bertz CT molecular complexity index is 831. The van der Waals surface area contributed by atoms with Gasteiger partial charge >= 0.3 is 12.1 Å². The third kappa shape index (κ3) is 5.85. The van der Waals surface area contributed by atoms with Crippen LogP contribution in [-0.2, 0) is 11.3 Å². The van der Waals surface area contributed by atoms with E-state index in [4.69, 9.17) is 27.2 Å². The van der Waals surface area contributed by atoms with E-state index in [-0.39, 0.29) is 41.4 Å². The molecule has 0 aliphatic heterocycles. The molecule has 2 aromatic carbocycles. The van der Waals surface area contributed by atoms with E-state index in [1.807, 2.05) is 30.3 Å². The highest BCUT2D eigenvalue weighted by Crippen LogP contribution is 2.30. The average molecular weight is 409 g/mol. The Kier molecular flexibility index (Phi) is 7.62. The van der Waals surface area contributed by atoms with Gasteiger partial charge in [0, 0.05) is 17.1 Å². The van der Waals surface area contributed by atoms with Crippen molar-refractivity contribution >= 4 is 29.4 Å². The number of benzene rings is 2. The number of carboxylic acid groups (broad SMARTS) is 1. The molecule has 0 aromatic heterocycles. The van der Waals surface area contributed by atoms with E-state index in [1.165, 1.54) is 6.07 Å². The normalized spacial score (nSPS) is 12.8. The zero-order valence-corrected chi connectivity index (χ0v) is 15.6. The summed E-state index contributed by atoms with van der Waals surface area (Å²) in [5.74, 6) is -1.30. The number of hydrogen-bond donors (Lipinski definition) is 5. The molecule has 2 atom stereocenters. The molecule has 6 N–H and O–H groups in total. The molecular weight excluding hydrogens is 388 g/mol. The Morgan fingerprint density at radius 1 is 1.18 bits per heavy atom. The molecule has 1 amide bonds. The fourth-order valence-electron chi connectivity index (χ4n) is 2.52. The van der Waals surface area contributed by atoms with Crippen molar-refractivity contribution in [2.75, 3.05) is 12.3 Å². The maximum atomic E-state index is 11.7. The summed E-state index contributed by atoms with van der Waals surface area (Å²) in [6.07, 6.45) is -3.47. The Morgan fingerprint density at radius 3 is 2.50 bits per heavy atom. The summed E-state index contributed by atoms with van der Waals surface area (Å²) < 4.78 is 5.04. The van der Waals surface area contributed by atoms with Gasteiger partial charge in [-0.05, 0) is 24.1 Å². The van der Waals surface area contributed by atoms with Crippen molar-refractivity contribution in [3.8, 4) is 0 Å². The number of nitrogens with one attached hydrogen (secondary N) is 1. The van der Waals surface area contributed by atoms with Crippen molar-refractivity contribution in [1.82, 2.24) is 5.32 Å². The topological polar surface area (TPSA) is 142 Å². The molecule has 0 saturated heterocycles. The highest BCUT2D eigenvalue weighted by molar-refractivity contribution is 6.31. The lowest BCUT2D eigenvalue weighted by molar-refractivity contribution is 0.0140. The monoisotopic (exact) mass is 408 g/mol. The van der Waals surface area contributed by atoms with Crippen molar-refractivity contribution in [3.05, 3.63) is 64.2 Å². The second-order valence-corrected chi connectivity index (χ2v) is 6.49. The molecule has 0 heterocycles. The first-order chi connectivity index (χ1) is 13.3. The van der Waals surface area contributed by atoms with Gasteiger partial charge in [0.15, 0.2) is 0 Å². The van der Waals surface area contributed by atoms with Gasteiger partial charge in [-0.1, -0.05) is 41.9 Å². The number of nitrogen functional groups attached to an aromatic ring is 1. The van der Waals surface area contributed by atoms with Crippen LogP contribution >= 0.6 is 11.6 Å². The third-order valence-corrected chi connectivity index (χ3v) is 4.23. The number of aliphatic hydroxyl groups is 2. The molecule has 2 unspecified atom stereocenters. The van der Waals surface area contributed by atoms with Gasteiger partial charge in [-0.25, -0.2) is 9.59 Å². The van der Waals surface area contributed by atoms with Crippen molar-refractivity contribution in [2.24, 2.45) is 0 Å². The minimum absolute atomic E-state index is 0.00375. The molecule has 28 heavy (non-hydrogen) atoms. The Labute approximate surface area is 166 Å². The number of aliphatic hydroxyl groups excluding tert-OH is 2. The van der Waals surface area contributed by atoms with Gasteiger partial charge in [-0.3, -0.25) is 0 Å². The first kappa shape index (κ1) is 21.5. The maximum absolute atomic E-state index is 11.7. The third-order valence-electron chi connectivity index (χ3n) is 4.01. The van der Waals surface area contributed by atoms with Crippen molar-refractivity contribution in [2.45, 2.75) is 25.2 Å². The van der Waals surface area contributed by atoms with E-state index in [9.17, 15) is 19.8 Å². The van der Waals surface area contributed by atoms with Crippen LogP contribution in [0, 0.1) is 0 Å². The summed E-state index contributed by atoms with van der Waals surface area (Å²) in [5.41, 5.74) is 6.15. The van der Waals surface area contributed by atoms with Gasteiger partial charge in [-0.15, -0.1) is 0 Å². The number of halogens is 1. The van der Waals surface area contributed by atoms with Crippen LogP contribution < -0.4 is 11.1 Å². The molecule has 0 fully saturated rings. The number of alkyl carbamates (subject to hydrolysis) is 1. The molecule has 0 saturated carbocycles. The van der Waals surface area contributed by atoms with Gasteiger partial charge < -0.3 is 31.1 Å². The molecule has 2 aromatic rings.